The highest BCUT2D eigenvalue weighted by Crippen LogP contribution is 2.15. The van der Waals surface area contributed by atoms with E-state index in [0.717, 1.165) is 25.0 Å². The van der Waals surface area contributed by atoms with E-state index >= 15 is 0 Å². The first-order valence-electron chi connectivity index (χ1n) is 10.4. The molecule has 0 aromatic heterocycles. The molecule has 0 spiro atoms. The highest BCUT2D eigenvalue weighted by molar-refractivity contribution is 6.01. The molecular formula is C22H30N2O5. The second kappa shape index (κ2) is 12.0. The number of carbonyl (C=O) groups excluding carboxylic acids is 4. The minimum absolute atomic E-state index is 0.0917. The van der Waals surface area contributed by atoms with Crippen molar-refractivity contribution in [3.05, 3.63) is 29.8 Å². The van der Waals surface area contributed by atoms with Crippen LogP contribution in [0.1, 0.15) is 68.6 Å². The number of carbonyl (C=O) groups is 4. The van der Waals surface area contributed by atoms with Gasteiger partial charge >= 0.3 is 0 Å². The number of ketones is 1. The van der Waals surface area contributed by atoms with Crippen LogP contribution in [0.5, 0.6) is 5.75 Å². The maximum atomic E-state index is 12.2. The number of hydrogen-bond acceptors (Lipinski definition) is 5. The van der Waals surface area contributed by atoms with Gasteiger partial charge in [-0.25, -0.2) is 0 Å². The van der Waals surface area contributed by atoms with Crippen molar-refractivity contribution in [1.29, 1.82) is 0 Å². The molecule has 0 aliphatic carbocycles. The molecule has 1 saturated heterocycles. The molecule has 1 aromatic rings. The molecule has 158 valence electrons. The van der Waals surface area contributed by atoms with Crippen molar-refractivity contribution < 1.29 is 23.9 Å². The Morgan fingerprint density at radius 1 is 1.00 bits per heavy atom. The Morgan fingerprint density at radius 3 is 2.34 bits per heavy atom. The lowest BCUT2D eigenvalue weighted by molar-refractivity contribution is -0.138. The summed E-state index contributed by atoms with van der Waals surface area (Å²) in [6.45, 7) is 3.50. The highest BCUT2D eigenvalue weighted by atomic mass is 16.5. The van der Waals surface area contributed by atoms with Crippen LogP contribution < -0.4 is 10.1 Å². The van der Waals surface area contributed by atoms with Crippen molar-refractivity contribution in [3.63, 3.8) is 0 Å². The standard InChI is InChI=1S/C22H30N2O5/c1-2-3-4-16-29-18-8-6-17(7-9-18)19(25)10-11-20(26)23-14-5-15-24-21(27)12-13-22(24)28/h6-9H,2-5,10-16H2,1H3,(H,23,26). The van der Waals surface area contributed by atoms with Gasteiger partial charge in [0.05, 0.1) is 6.61 Å². The molecule has 29 heavy (non-hydrogen) atoms. The molecule has 0 radical (unpaired) electrons. The summed E-state index contributed by atoms with van der Waals surface area (Å²) >= 11 is 0. The van der Waals surface area contributed by atoms with Crippen LogP contribution in [0.2, 0.25) is 0 Å². The Kier molecular flexibility index (Phi) is 9.34. The highest BCUT2D eigenvalue weighted by Gasteiger charge is 2.27. The van der Waals surface area contributed by atoms with Gasteiger partial charge < -0.3 is 10.1 Å². The van der Waals surface area contributed by atoms with Crippen LogP contribution in [0.15, 0.2) is 24.3 Å². The lowest BCUT2D eigenvalue weighted by Gasteiger charge is -2.13. The monoisotopic (exact) mass is 402 g/mol. The summed E-state index contributed by atoms with van der Waals surface area (Å²) in [5, 5.41) is 2.73. The Hall–Kier alpha value is -2.70. The zero-order valence-electron chi connectivity index (χ0n) is 17.1. The van der Waals surface area contributed by atoms with Crippen LogP contribution >= 0.6 is 0 Å². The Morgan fingerprint density at radius 2 is 1.69 bits per heavy atom. The van der Waals surface area contributed by atoms with Gasteiger partial charge in [0, 0.05) is 44.3 Å². The van der Waals surface area contributed by atoms with E-state index in [1.807, 2.05) is 0 Å². The zero-order chi connectivity index (χ0) is 21.1. The molecule has 1 aliphatic rings. The smallest absolute Gasteiger partial charge is 0.229 e. The molecule has 7 heteroatoms. The van der Waals surface area contributed by atoms with Crippen LogP contribution in [-0.4, -0.2) is 48.1 Å². The fraction of sp³-hybridized carbons (Fsp3) is 0.545. The SMILES string of the molecule is CCCCCOc1ccc(C(=O)CCC(=O)NCCCN2C(=O)CCC2=O)cc1. The van der Waals surface area contributed by atoms with E-state index in [-0.39, 0.29) is 49.2 Å². The van der Waals surface area contributed by atoms with E-state index in [0.29, 0.717) is 31.7 Å². The van der Waals surface area contributed by atoms with E-state index in [9.17, 15) is 19.2 Å². The number of benzene rings is 1. The van der Waals surface area contributed by atoms with E-state index in [1.165, 1.54) is 4.90 Å². The molecule has 3 amide bonds. The normalized spacial score (nSPS) is 13.6. The number of hydrogen-bond donors (Lipinski definition) is 1. The van der Waals surface area contributed by atoms with Gasteiger partial charge in [-0.15, -0.1) is 0 Å². The van der Waals surface area contributed by atoms with Crippen molar-refractivity contribution in [1.82, 2.24) is 10.2 Å². The van der Waals surface area contributed by atoms with Crippen LogP contribution in [0.25, 0.3) is 0 Å². The van der Waals surface area contributed by atoms with E-state index in [2.05, 4.69) is 12.2 Å². The van der Waals surface area contributed by atoms with Gasteiger partial charge in [0.2, 0.25) is 17.7 Å². The van der Waals surface area contributed by atoms with Gasteiger partial charge in [0.15, 0.2) is 5.78 Å². The molecule has 1 N–H and O–H groups in total. The first kappa shape index (κ1) is 22.6. The van der Waals surface area contributed by atoms with Gasteiger partial charge in [-0.1, -0.05) is 19.8 Å². The summed E-state index contributed by atoms with van der Waals surface area (Å²) < 4.78 is 5.63. The Bertz CT molecular complexity index is 698. The molecule has 1 heterocycles. The molecule has 1 aliphatic heterocycles. The van der Waals surface area contributed by atoms with Crippen molar-refractivity contribution >= 4 is 23.5 Å². The third kappa shape index (κ3) is 7.68. The van der Waals surface area contributed by atoms with Gasteiger partial charge in [-0.05, 0) is 37.1 Å². The van der Waals surface area contributed by atoms with Crippen molar-refractivity contribution in [2.45, 2.75) is 58.3 Å². The van der Waals surface area contributed by atoms with E-state index < -0.39 is 0 Å². The number of nitrogens with one attached hydrogen (secondary N) is 1. The molecule has 1 fully saturated rings. The number of Topliss-reactive ketones (excluding diaryl/α,β-unsaturated/α-hetero) is 1. The first-order valence-corrected chi connectivity index (χ1v) is 10.4. The van der Waals surface area contributed by atoms with Crippen molar-refractivity contribution in [2.75, 3.05) is 19.7 Å². The maximum Gasteiger partial charge on any atom is 0.229 e. The summed E-state index contributed by atoms with van der Waals surface area (Å²) in [4.78, 5) is 48.4. The first-order chi connectivity index (χ1) is 14.0. The fourth-order valence-corrected chi connectivity index (χ4v) is 3.08. The number of likely N-dealkylation sites (tertiary alicyclic amines) is 1. The topological polar surface area (TPSA) is 92.8 Å². The summed E-state index contributed by atoms with van der Waals surface area (Å²) in [6.07, 6.45) is 4.59. The summed E-state index contributed by atoms with van der Waals surface area (Å²) in [5.41, 5.74) is 0.560. The fourth-order valence-electron chi connectivity index (χ4n) is 3.08. The molecule has 0 unspecified atom stereocenters. The molecule has 0 bridgehead atoms. The minimum atomic E-state index is -0.215. The quantitative estimate of drug-likeness (QED) is 0.311. The second-order valence-electron chi connectivity index (χ2n) is 7.15. The lowest BCUT2D eigenvalue weighted by atomic mass is 10.1. The van der Waals surface area contributed by atoms with Gasteiger partial charge in [-0.2, -0.15) is 0 Å². The van der Waals surface area contributed by atoms with Crippen LogP contribution in [-0.2, 0) is 14.4 Å². The summed E-state index contributed by atoms with van der Waals surface area (Å²) in [7, 11) is 0. The van der Waals surface area contributed by atoms with Crippen LogP contribution in [0.4, 0.5) is 0 Å². The Balaban J connectivity index is 1.62. The number of amides is 3. The maximum absolute atomic E-state index is 12.2. The molecular weight excluding hydrogens is 372 g/mol. The van der Waals surface area contributed by atoms with Gasteiger partial charge in [0.1, 0.15) is 5.75 Å². The summed E-state index contributed by atoms with van der Waals surface area (Å²) in [6, 6.07) is 7.00. The molecule has 0 atom stereocenters. The lowest BCUT2D eigenvalue weighted by Crippen LogP contribution is -2.33. The molecule has 1 aromatic carbocycles. The van der Waals surface area contributed by atoms with E-state index in [1.54, 1.807) is 24.3 Å². The van der Waals surface area contributed by atoms with Gasteiger partial charge in [-0.3, -0.25) is 24.1 Å². The minimum Gasteiger partial charge on any atom is -0.494 e. The van der Waals surface area contributed by atoms with Crippen molar-refractivity contribution in [3.8, 4) is 5.75 Å². The predicted molar refractivity (Wildman–Crippen MR) is 109 cm³/mol. The number of rotatable bonds is 13. The zero-order valence-corrected chi connectivity index (χ0v) is 17.1. The second-order valence-corrected chi connectivity index (χ2v) is 7.15. The van der Waals surface area contributed by atoms with Gasteiger partial charge in [0.25, 0.3) is 0 Å². The third-order valence-corrected chi connectivity index (χ3v) is 4.81. The van der Waals surface area contributed by atoms with Crippen LogP contribution in [0, 0.1) is 0 Å². The number of nitrogens with zero attached hydrogens (tertiary/aromatic N) is 1. The average Bonchev–Trinajstić information content (AvgIpc) is 3.05. The Labute approximate surface area is 171 Å². The number of unbranched alkanes of at least 4 members (excludes halogenated alkanes) is 2. The van der Waals surface area contributed by atoms with Crippen LogP contribution in [0.3, 0.4) is 0 Å². The summed E-state index contributed by atoms with van der Waals surface area (Å²) in [5.74, 6) is 0.137. The van der Waals surface area contributed by atoms with Crippen molar-refractivity contribution in [2.24, 2.45) is 0 Å². The third-order valence-electron chi connectivity index (χ3n) is 4.81. The number of imide groups is 1. The van der Waals surface area contributed by atoms with E-state index in [4.69, 9.17) is 4.74 Å². The molecule has 7 nitrogen and oxygen atoms in total. The predicted octanol–water partition coefficient (Wildman–Crippen LogP) is 2.87. The molecule has 0 saturated carbocycles. The average molecular weight is 402 g/mol. The molecule has 2 rings (SSSR count). The number of ether oxygens (including phenoxy) is 1. The largest absolute Gasteiger partial charge is 0.494 e.